The lowest BCUT2D eigenvalue weighted by molar-refractivity contribution is 0.578. The first-order valence-electron chi connectivity index (χ1n) is 5.12. The van der Waals surface area contributed by atoms with Crippen LogP contribution in [0.25, 0.3) is 0 Å². The molecule has 2 heterocycles. The monoisotopic (exact) mass is 237 g/mol. The molecule has 0 aliphatic heterocycles. The highest BCUT2D eigenvalue weighted by Crippen LogP contribution is 2.27. The van der Waals surface area contributed by atoms with Gasteiger partial charge in [-0.25, -0.2) is 4.98 Å². The van der Waals surface area contributed by atoms with Gasteiger partial charge in [-0.1, -0.05) is 32.1 Å². The second kappa shape index (κ2) is 4.21. The van der Waals surface area contributed by atoms with Crippen LogP contribution in [0, 0.1) is 0 Å². The van der Waals surface area contributed by atoms with E-state index in [4.69, 9.17) is 0 Å². The number of aromatic amines is 1. The number of imidazole rings is 1. The molecule has 2 N–H and O–H groups in total. The van der Waals surface area contributed by atoms with E-state index in [9.17, 15) is 0 Å². The van der Waals surface area contributed by atoms with Gasteiger partial charge in [-0.05, 0) is 0 Å². The average Bonchev–Trinajstić information content (AvgIpc) is 2.85. The van der Waals surface area contributed by atoms with Crippen molar-refractivity contribution in [2.24, 2.45) is 0 Å². The zero-order valence-electron chi connectivity index (χ0n) is 9.61. The number of anilines is 1. The summed E-state index contributed by atoms with van der Waals surface area (Å²) in [5, 5.41) is 13.3. The van der Waals surface area contributed by atoms with Crippen LogP contribution < -0.4 is 5.32 Å². The van der Waals surface area contributed by atoms with Gasteiger partial charge in [0.05, 0.1) is 6.54 Å². The molecule has 5 nitrogen and oxygen atoms in total. The molecule has 0 amide bonds. The molecule has 0 radical (unpaired) electrons. The number of nitrogens with one attached hydrogen (secondary N) is 2. The summed E-state index contributed by atoms with van der Waals surface area (Å²) in [6, 6.07) is 0. The highest BCUT2D eigenvalue weighted by atomic mass is 32.1. The molecular weight excluding hydrogens is 222 g/mol. The SMILES string of the molecule is CC(C)(C)c1nnc(NCc2ncc[nH]2)s1. The van der Waals surface area contributed by atoms with E-state index in [2.05, 4.69) is 46.3 Å². The maximum absolute atomic E-state index is 4.16. The lowest BCUT2D eigenvalue weighted by atomic mass is 9.98. The summed E-state index contributed by atoms with van der Waals surface area (Å²) in [4.78, 5) is 7.15. The van der Waals surface area contributed by atoms with E-state index in [-0.39, 0.29) is 5.41 Å². The Kier molecular flexibility index (Phi) is 2.91. The summed E-state index contributed by atoms with van der Waals surface area (Å²) >= 11 is 1.59. The van der Waals surface area contributed by atoms with Crippen LogP contribution in [0.5, 0.6) is 0 Å². The van der Waals surface area contributed by atoms with Crippen molar-refractivity contribution in [3.05, 3.63) is 23.2 Å². The Morgan fingerprint density at radius 3 is 2.75 bits per heavy atom. The molecule has 0 spiro atoms. The summed E-state index contributed by atoms with van der Waals surface area (Å²) < 4.78 is 0. The van der Waals surface area contributed by atoms with Gasteiger partial charge in [0, 0.05) is 17.8 Å². The summed E-state index contributed by atoms with van der Waals surface area (Å²) in [5.74, 6) is 0.896. The Morgan fingerprint density at radius 2 is 2.19 bits per heavy atom. The van der Waals surface area contributed by atoms with Gasteiger partial charge in [-0.15, -0.1) is 10.2 Å². The first-order chi connectivity index (χ1) is 7.55. The van der Waals surface area contributed by atoms with Gasteiger partial charge in [0.25, 0.3) is 0 Å². The maximum Gasteiger partial charge on any atom is 0.206 e. The number of nitrogens with zero attached hydrogens (tertiary/aromatic N) is 3. The van der Waals surface area contributed by atoms with Crippen molar-refractivity contribution in [2.45, 2.75) is 32.7 Å². The standard InChI is InChI=1S/C10H15N5S/c1-10(2,3)8-14-15-9(16-8)13-6-7-11-4-5-12-7/h4-5H,6H2,1-3H3,(H,11,12)(H,13,15). The smallest absolute Gasteiger partial charge is 0.206 e. The molecule has 0 saturated carbocycles. The van der Waals surface area contributed by atoms with E-state index >= 15 is 0 Å². The second-order valence-electron chi connectivity index (χ2n) is 4.55. The molecule has 0 bridgehead atoms. The van der Waals surface area contributed by atoms with Crippen LogP contribution in [0.1, 0.15) is 31.6 Å². The van der Waals surface area contributed by atoms with E-state index in [0.717, 1.165) is 16.0 Å². The van der Waals surface area contributed by atoms with Crippen molar-refractivity contribution in [2.75, 3.05) is 5.32 Å². The van der Waals surface area contributed by atoms with E-state index in [1.54, 1.807) is 23.7 Å². The lowest BCUT2D eigenvalue weighted by Gasteiger charge is -2.12. The van der Waals surface area contributed by atoms with Crippen LogP contribution in [0.4, 0.5) is 5.13 Å². The Balaban J connectivity index is 1.98. The molecule has 2 aromatic heterocycles. The van der Waals surface area contributed by atoms with E-state index < -0.39 is 0 Å². The number of hydrogen-bond acceptors (Lipinski definition) is 5. The topological polar surface area (TPSA) is 66.5 Å². The third-order valence-electron chi connectivity index (χ3n) is 2.03. The molecule has 0 unspecified atom stereocenters. The van der Waals surface area contributed by atoms with E-state index in [1.807, 2.05) is 0 Å². The van der Waals surface area contributed by atoms with Crippen LogP contribution in [-0.4, -0.2) is 20.2 Å². The highest BCUT2D eigenvalue weighted by molar-refractivity contribution is 7.15. The fourth-order valence-corrected chi connectivity index (χ4v) is 1.95. The van der Waals surface area contributed by atoms with Crippen LogP contribution >= 0.6 is 11.3 Å². The molecule has 0 atom stereocenters. The quantitative estimate of drug-likeness (QED) is 0.858. The fourth-order valence-electron chi connectivity index (χ4n) is 1.15. The second-order valence-corrected chi connectivity index (χ2v) is 5.53. The zero-order valence-corrected chi connectivity index (χ0v) is 10.4. The van der Waals surface area contributed by atoms with Crippen molar-refractivity contribution < 1.29 is 0 Å². The predicted octanol–water partition coefficient (Wildman–Crippen LogP) is 2.17. The largest absolute Gasteiger partial charge is 0.353 e. The van der Waals surface area contributed by atoms with Gasteiger partial charge >= 0.3 is 0 Å². The molecule has 0 aromatic carbocycles. The molecule has 0 aliphatic rings. The minimum absolute atomic E-state index is 0.0578. The molecule has 0 fully saturated rings. The predicted molar refractivity (Wildman–Crippen MR) is 64.5 cm³/mol. The van der Waals surface area contributed by atoms with Gasteiger partial charge in [0.15, 0.2) is 0 Å². The number of rotatable bonds is 3. The first kappa shape index (κ1) is 11.1. The fraction of sp³-hybridized carbons (Fsp3) is 0.500. The first-order valence-corrected chi connectivity index (χ1v) is 5.93. The van der Waals surface area contributed by atoms with Crippen molar-refractivity contribution in [1.82, 2.24) is 20.2 Å². The van der Waals surface area contributed by atoms with Crippen LogP contribution in [0.3, 0.4) is 0 Å². The van der Waals surface area contributed by atoms with Crippen molar-refractivity contribution in [1.29, 1.82) is 0 Å². The lowest BCUT2D eigenvalue weighted by Crippen LogP contribution is -2.10. The Hall–Kier alpha value is -1.43. The third kappa shape index (κ3) is 2.57. The van der Waals surface area contributed by atoms with Gasteiger partial charge < -0.3 is 10.3 Å². The molecule has 2 aromatic rings. The summed E-state index contributed by atoms with van der Waals surface area (Å²) in [5.41, 5.74) is 0.0578. The van der Waals surface area contributed by atoms with Crippen LogP contribution in [0.15, 0.2) is 12.4 Å². The minimum Gasteiger partial charge on any atom is -0.353 e. The van der Waals surface area contributed by atoms with Gasteiger partial charge in [-0.2, -0.15) is 0 Å². The average molecular weight is 237 g/mol. The molecular formula is C10H15N5S. The van der Waals surface area contributed by atoms with Crippen LogP contribution in [0.2, 0.25) is 0 Å². The molecule has 86 valence electrons. The number of H-pyrrole nitrogens is 1. The van der Waals surface area contributed by atoms with Crippen LogP contribution in [-0.2, 0) is 12.0 Å². The van der Waals surface area contributed by atoms with Gasteiger partial charge in [-0.3, -0.25) is 0 Å². The maximum atomic E-state index is 4.16. The summed E-state index contributed by atoms with van der Waals surface area (Å²) in [7, 11) is 0. The molecule has 0 aliphatic carbocycles. The van der Waals surface area contributed by atoms with Crippen molar-refractivity contribution in [3.63, 3.8) is 0 Å². The minimum atomic E-state index is 0.0578. The Bertz CT molecular complexity index is 440. The summed E-state index contributed by atoms with van der Waals surface area (Å²) in [6.07, 6.45) is 3.54. The summed E-state index contributed by atoms with van der Waals surface area (Å²) in [6.45, 7) is 7.03. The van der Waals surface area contributed by atoms with Gasteiger partial charge in [0.2, 0.25) is 5.13 Å². The van der Waals surface area contributed by atoms with E-state index in [0.29, 0.717) is 6.54 Å². The number of hydrogen-bond donors (Lipinski definition) is 2. The molecule has 16 heavy (non-hydrogen) atoms. The molecule has 0 saturated heterocycles. The highest BCUT2D eigenvalue weighted by Gasteiger charge is 2.19. The Labute approximate surface area is 98.3 Å². The Morgan fingerprint density at radius 1 is 1.38 bits per heavy atom. The third-order valence-corrected chi connectivity index (χ3v) is 3.34. The molecule has 2 rings (SSSR count). The molecule has 6 heteroatoms. The van der Waals surface area contributed by atoms with Crippen molar-refractivity contribution in [3.8, 4) is 0 Å². The van der Waals surface area contributed by atoms with E-state index in [1.165, 1.54) is 0 Å². The van der Waals surface area contributed by atoms with Crippen molar-refractivity contribution >= 4 is 16.5 Å². The zero-order chi connectivity index (χ0) is 11.6. The normalized spacial score (nSPS) is 11.7. The number of aromatic nitrogens is 4. The van der Waals surface area contributed by atoms with Gasteiger partial charge in [0.1, 0.15) is 10.8 Å².